The summed E-state index contributed by atoms with van der Waals surface area (Å²) in [4.78, 5) is 2.38. The first-order valence-corrected chi connectivity index (χ1v) is 7.28. The molecule has 0 aliphatic heterocycles. The zero-order chi connectivity index (χ0) is 13.8. The summed E-state index contributed by atoms with van der Waals surface area (Å²) in [5.41, 5.74) is 6.57. The van der Waals surface area contributed by atoms with Crippen molar-refractivity contribution in [1.29, 1.82) is 0 Å². The molecule has 0 radical (unpaired) electrons. The molecule has 0 atom stereocenters. The zero-order valence-corrected chi connectivity index (χ0v) is 12.2. The van der Waals surface area contributed by atoms with Gasteiger partial charge in [-0.1, -0.05) is 43.6 Å². The standard InChI is InChI=1S/C15H21FN2S/c1-18(12-7-3-2-4-8-12)10-11-6-5-9-13(14(11)16)15(17)19/h5-6,9,12H,2-4,7-8,10H2,1H3,(H2,17,19). The van der Waals surface area contributed by atoms with Crippen LogP contribution >= 0.6 is 12.2 Å². The molecule has 0 amide bonds. The second kappa shape index (κ2) is 6.44. The maximum Gasteiger partial charge on any atom is 0.137 e. The molecule has 2 N–H and O–H groups in total. The molecule has 1 aromatic rings. The normalized spacial score (nSPS) is 16.8. The molecule has 0 heterocycles. The first kappa shape index (κ1) is 14.4. The smallest absolute Gasteiger partial charge is 0.137 e. The Bertz CT molecular complexity index is 455. The van der Waals surface area contributed by atoms with Crippen molar-refractivity contribution in [2.45, 2.75) is 44.7 Å². The largest absolute Gasteiger partial charge is 0.389 e. The lowest BCUT2D eigenvalue weighted by molar-refractivity contribution is 0.182. The SMILES string of the molecule is CN(Cc1cccc(C(N)=S)c1F)C1CCCCC1. The molecular formula is C15H21FN2S. The van der Waals surface area contributed by atoms with E-state index in [9.17, 15) is 4.39 Å². The Labute approximate surface area is 119 Å². The van der Waals surface area contributed by atoms with Gasteiger partial charge < -0.3 is 5.73 Å². The number of nitrogens with zero attached hydrogens (tertiary/aromatic N) is 1. The molecule has 1 aromatic carbocycles. The van der Waals surface area contributed by atoms with Gasteiger partial charge in [-0.05, 0) is 26.0 Å². The lowest BCUT2D eigenvalue weighted by Gasteiger charge is -2.31. The monoisotopic (exact) mass is 280 g/mol. The fourth-order valence-corrected chi connectivity index (χ4v) is 2.97. The first-order valence-electron chi connectivity index (χ1n) is 6.87. The van der Waals surface area contributed by atoms with Crippen LogP contribution in [0.3, 0.4) is 0 Å². The van der Waals surface area contributed by atoms with Crippen LogP contribution < -0.4 is 5.73 Å². The molecule has 0 spiro atoms. The van der Waals surface area contributed by atoms with E-state index in [-0.39, 0.29) is 10.8 Å². The van der Waals surface area contributed by atoms with Crippen molar-refractivity contribution >= 4 is 17.2 Å². The molecule has 0 unspecified atom stereocenters. The van der Waals surface area contributed by atoms with Gasteiger partial charge in [-0.2, -0.15) is 0 Å². The average molecular weight is 280 g/mol. The van der Waals surface area contributed by atoms with Crippen LogP contribution in [0.15, 0.2) is 18.2 Å². The molecule has 0 aromatic heterocycles. The van der Waals surface area contributed by atoms with Gasteiger partial charge in [-0.3, -0.25) is 4.90 Å². The van der Waals surface area contributed by atoms with E-state index in [1.165, 1.54) is 32.1 Å². The van der Waals surface area contributed by atoms with E-state index in [2.05, 4.69) is 11.9 Å². The molecule has 1 aliphatic rings. The Morgan fingerprint density at radius 2 is 2.05 bits per heavy atom. The van der Waals surface area contributed by atoms with Gasteiger partial charge >= 0.3 is 0 Å². The van der Waals surface area contributed by atoms with Gasteiger partial charge in [0.25, 0.3) is 0 Å². The number of thiocarbonyl (C=S) groups is 1. The second-order valence-corrected chi connectivity index (χ2v) is 5.79. The number of nitrogens with two attached hydrogens (primary N) is 1. The lowest BCUT2D eigenvalue weighted by Crippen LogP contribution is -2.33. The van der Waals surface area contributed by atoms with Crippen molar-refractivity contribution in [3.05, 3.63) is 35.1 Å². The molecule has 19 heavy (non-hydrogen) atoms. The maximum atomic E-state index is 14.3. The zero-order valence-electron chi connectivity index (χ0n) is 11.4. The fraction of sp³-hybridized carbons (Fsp3) is 0.533. The minimum Gasteiger partial charge on any atom is -0.389 e. The summed E-state index contributed by atoms with van der Waals surface area (Å²) in [6, 6.07) is 5.85. The first-order chi connectivity index (χ1) is 9.09. The van der Waals surface area contributed by atoms with E-state index in [4.69, 9.17) is 18.0 Å². The van der Waals surface area contributed by atoms with E-state index < -0.39 is 0 Å². The average Bonchev–Trinajstić information content (AvgIpc) is 2.41. The summed E-state index contributed by atoms with van der Waals surface area (Å²) in [6.45, 7) is 0.618. The highest BCUT2D eigenvalue weighted by Crippen LogP contribution is 2.24. The van der Waals surface area contributed by atoms with Crippen LogP contribution in [0.2, 0.25) is 0 Å². The van der Waals surface area contributed by atoms with Gasteiger partial charge in [0.2, 0.25) is 0 Å². The summed E-state index contributed by atoms with van der Waals surface area (Å²) < 4.78 is 14.3. The summed E-state index contributed by atoms with van der Waals surface area (Å²) in [5, 5.41) is 0. The third kappa shape index (κ3) is 3.51. The van der Waals surface area contributed by atoms with Gasteiger partial charge in [0.15, 0.2) is 0 Å². The number of rotatable bonds is 4. The molecule has 2 nitrogen and oxygen atoms in total. The Kier molecular flexibility index (Phi) is 4.88. The summed E-state index contributed by atoms with van der Waals surface area (Å²) in [5.74, 6) is -0.266. The third-order valence-corrected chi connectivity index (χ3v) is 4.18. The van der Waals surface area contributed by atoms with Crippen molar-refractivity contribution in [2.75, 3.05) is 7.05 Å². The molecule has 104 valence electrons. The van der Waals surface area contributed by atoms with E-state index in [0.29, 0.717) is 23.7 Å². The van der Waals surface area contributed by atoms with Crippen molar-refractivity contribution in [3.8, 4) is 0 Å². The van der Waals surface area contributed by atoms with Gasteiger partial charge in [0.05, 0.1) is 0 Å². The topological polar surface area (TPSA) is 29.3 Å². The van der Waals surface area contributed by atoms with E-state index in [0.717, 1.165) is 0 Å². The van der Waals surface area contributed by atoms with Crippen LogP contribution in [0, 0.1) is 5.82 Å². The minimum absolute atomic E-state index is 0.125. The van der Waals surface area contributed by atoms with E-state index in [1.54, 1.807) is 6.07 Å². The highest BCUT2D eigenvalue weighted by molar-refractivity contribution is 7.80. The molecule has 2 rings (SSSR count). The second-order valence-electron chi connectivity index (χ2n) is 5.35. The van der Waals surface area contributed by atoms with Crippen molar-refractivity contribution in [1.82, 2.24) is 4.90 Å². The fourth-order valence-electron chi connectivity index (χ4n) is 2.81. The summed E-state index contributed by atoms with van der Waals surface area (Å²) >= 11 is 4.87. The van der Waals surface area contributed by atoms with Crippen molar-refractivity contribution in [2.24, 2.45) is 5.73 Å². The van der Waals surface area contributed by atoms with Crippen LogP contribution in [0.25, 0.3) is 0 Å². The number of benzene rings is 1. The number of hydrogen-bond donors (Lipinski definition) is 1. The Balaban J connectivity index is 2.10. The van der Waals surface area contributed by atoms with Crippen molar-refractivity contribution in [3.63, 3.8) is 0 Å². The minimum atomic E-state index is -0.266. The molecule has 1 saturated carbocycles. The Hall–Kier alpha value is -1.00. The third-order valence-electron chi connectivity index (χ3n) is 3.96. The molecule has 0 saturated heterocycles. The molecule has 0 bridgehead atoms. The van der Waals surface area contributed by atoms with E-state index >= 15 is 0 Å². The summed E-state index contributed by atoms with van der Waals surface area (Å²) in [6.07, 6.45) is 6.32. The van der Waals surface area contributed by atoms with Crippen LogP contribution in [0.4, 0.5) is 4.39 Å². The van der Waals surface area contributed by atoms with Gasteiger partial charge in [0.1, 0.15) is 10.8 Å². The van der Waals surface area contributed by atoms with Crippen LogP contribution in [0.1, 0.15) is 43.2 Å². The molecule has 1 fully saturated rings. The molecule has 4 heteroatoms. The number of hydrogen-bond acceptors (Lipinski definition) is 2. The predicted molar refractivity (Wildman–Crippen MR) is 80.6 cm³/mol. The maximum absolute atomic E-state index is 14.3. The van der Waals surface area contributed by atoms with Crippen LogP contribution in [-0.2, 0) is 6.54 Å². The van der Waals surface area contributed by atoms with Gasteiger partial charge in [-0.15, -0.1) is 0 Å². The highest BCUT2D eigenvalue weighted by Gasteiger charge is 2.19. The Morgan fingerprint density at radius 1 is 1.37 bits per heavy atom. The summed E-state index contributed by atoms with van der Waals surface area (Å²) in [7, 11) is 2.07. The van der Waals surface area contributed by atoms with Crippen LogP contribution in [-0.4, -0.2) is 23.0 Å². The Morgan fingerprint density at radius 3 is 2.68 bits per heavy atom. The molecule has 1 aliphatic carbocycles. The lowest BCUT2D eigenvalue weighted by atomic mass is 9.94. The van der Waals surface area contributed by atoms with Crippen LogP contribution in [0.5, 0.6) is 0 Å². The van der Waals surface area contributed by atoms with Crippen molar-refractivity contribution < 1.29 is 4.39 Å². The van der Waals surface area contributed by atoms with Gasteiger partial charge in [0, 0.05) is 23.7 Å². The predicted octanol–water partition coefficient (Wildman–Crippen LogP) is 3.22. The molecular weight excluding hydrogens is 259 g/mol. The quantitative estimate of drug-likeness (QED) is 0.859. The van der Waals surface area contributed by atoms with Gasteiger partial charge in [-0.25, -0.2) is 4.39 Å². The highest BCUT2D eigenvalue weighted by atomic mass is 32.1. The number of halogens is 1. The van der Waals surface area contributed by atoms with E-state index in [1.807, 2.05) is 12.1 Å².